The van der Waals surface area contributed by atoms with E-state index >= 15 is 0 Å². The number of rotatable bonds is 6. The highest BCUT2D eigenvalue weighted by atomic mass is 32.1. The van der Waals surface area contributed by atoms with E-state index in [1.807, 2.05) is 23.5 Å². The van der Waals surface area contributed by atoms with E-state index < -0.39 is 0 Å². The van der Waals surface area contributed by atoms with Gasteiger partial charge in [-0.05, 0) is 77.4 Å². The van der Waals surface area contributed by atoms with Gasteiger partial charge < -0.3 is 13.9 Å². The van der Waals surface area contributed by atoms with Crippen molar-refractivity contribution in [2.45, 2.75) is 0 Å². The van der Waals surface area contributed by atoms with E-state index in [1.165, 1.54) is 47.5 Å². The van der Waals surface area contributed by atoms with Crippen LogP contribution in [-0.2, 0) is 0 Å². The summed E-state index contributed by atoms with van der Waals surface area (Å²) in [5.41, 5.74) is 13.3. The van der Waals surface area contributed by atoms with Gasteiger partial charge in [0.1, 0.15) is 11.2 Å². The van der Waals surface area contributed by atoms with Gasteiger partial charge in [-0.2, -0.15) is 0 Å². The molecule has 3 nitrogen and oxygen atoms in total. The number of anilines is 3. The van der Waals surface area contributed by atoms with Crippen LogP contribution in [0, 0.1) is 0 Å². The molecule has 0 saturated heterocycles. The van der Waals surface area contributed by atoms with Crippen molar-refractivity contribution in [3.05, 3.63) is 206 Å². The highest BCUT2D eigenvalue weighted by Crippen LogP contribution is 2.46. The predicted octanol–water partition coefficient (Wildman–Crippen LogP) is 15.9. The van der Waals surface area contributed by atoms with Crippen molar-refractivity contribution in [3.63, 3.8) is 0 Å². The van der Waals surface area contributed by atoms with Gasteiger partial charge in [0, 0.05) is 59.6 Å². The maximum atomic E-state index is 6.37. The average molecular weight is 759 g/mol. The first-order chi connectivity index (χ1) is 28.8. The number of hydrogen-bond acceptors (Lipinski definition) is 3. The van der Waals surface area contributed by atoms with Crippen LogP contribution in [0.1, 0.15) is 0 Å². The van der Waals surface area contributed by atoms with Gasteiger partial charge in [0.25, 0.3) is 0 Å². The molecule has 9 aromatic carbocycles. The lowest BCUT2D eigenvalue weighted by Crippen LogP contribution is -2.10. The molecule has 4 heteroatoms. The van der Waals surface area contributed by atoms with E-state index in [0.29, 0.717) is 0 Å². The Morgan fingerprint density at radius 1 is 0.414 bits per heavy atom. The molecule has 0 aliphatic rings. The molecule has 0 N–H and O–H groups in total. The minimum absolute atomic E-state index is 0.915. The smallest absolute Gasteiger partial charge is 0.143 e. The van der Waals surface area contributed by atoms with Crippen LogP contribution in [0.5, 0.6) is 0 Å². The van der Waals surface area contributed by atoms with Crippen LogP contribution < -0.4 is 4.90 Å². The summed E-state index contributed by atoms with van der Waals surface area (Å²) < 4.78 is 11.3. The molecule has 0 aliphatic carbocycles. The molecule has 0 radical (unpaired) electrons. The van der Waals surface area contributed by atoms with Crippen LogP contribution >= 0.6 is 11.3 Å². The molecular formula is C54H34N2OS. The number of para-hydroxylation sites is 4. The molecular weight excluding hydrogens is 725 g/mol. The number of nitrogens with zero attached hydrogens (tertiary/aromatic N) is 2. The van der Waals surface area contributed by atoms with Crippen molar-refractivity contribution in [3.8, 4) is 27.9 Å². The Kier molecular flexibility index (Phi) is 7.40. The summed E-state index contributed by atoms with van der Waals surface area (Å²) >= 11 is 1.86. The van der Waals surface area contributed by atoms with E-state index in [2.05, 4.69) is 204 Å². The quantitative estimate of drug-likeness (QED) is 0.168. The zero-order valence-electron chi connectivity index (χ0n) is 31.3. The summed E-state index contributed by atoms with van der Waals surface area (Å²) in [7, 11) is 0. The van der Waals surface area contributed by atoms with E-state index in [0.717, 1.165) is 61.4 Å². The van der Waals surface area contributed by atoms with E-state index in [9.17, 15) is 0 Å². The maximum Gasteiger partial charge on any atom is 0.143 e. The third-order valence-electron chi connectivity index (χ3n) is 11.6. The Morgan fingerprint density at radius 3 is 1.88 bits per heavy atom. The van der Waals surface area contributed by atoms with Gasteiger partial charge in [0.15, 0.2) is 0 Å². The van der Waals surface area contributed by atoms with Crippen LogP contribution in [0.15, 0.2) is 211 Å². The Morgan fingerprint density at radius 2 is 1.03 bits per heavy atom. The molecule has 12 rings (SSSR count). The lowest BCUT2D eigenvalue weighted by molar-refractivity contribution is 0.670. The normalized spacial score (nSPS) is 11.8. The van der Waals surface area contributed by atoms with Crippen LogP contribution in [0.2, 0.25) is 0 Å². The van der Waals surface area contributed by atoms with Crippen molar-refractivity contribution >= 4 is 92.3 Å². The zero-order valence-corrected chi connectivity index (χ0v) is 32.2. The minimum Gasteiger partial charge on any atom is -0.455 e. The summed E-state index contributed by atoms with van der Waals surface area (Å²) in [5, 5.41) is 7.34. The Balaban J connectivity index is 0.989. The average Bonchev–Trinajstić information content (AvgIpc) is 3.97. The third-order valence-corrected chi connectivity index (χ3v) is 12.8. The summed E-state index contributed by atoms with van der Waals surface area (Å²) in [4.78, 5) is 2.44. The van der Waals surface area contributed by atoms with Crippen LogP contribution in [0.3, 0.4) is 0 Å². The SMILES string of the molecule is c1ccc(-n2c3ccccc3c3ccc(N(c4ccc(-c5ccc(-c6cccc7c6oc6ccccc67)cc5)cc4)c4cccc5c4sc4ccccc45)cc32)cc1. The molecule has 3 heterocycles. The fourth-order valence-corrected chi connectivity index (χ4v) is 10.1. The highest BCUT2D eigenvalue weighted by molar-refractivity contribution is 7.26. The highest BCUT2D eigenvalue weighted by Gasteiger charge is 2.21. The number of aromatic nitrogens is 1. The molecule has 0 atom stereocenters. The van der Waals surface area contributed by atoms with Gasteiger partial charge >= 0.3 is 0 Å². The van der Waals surface area contributed by atoms with Crippen molar-refractivity contribution in [1.82, 2.24) is 4.57 Å². The first-order valence-corrected chi connectivity index (χ1v) is 20.5. The summed E-state index contributed by atoms with van der Waals surface area (Å²) in [6.07, 6.45) is 0. The Labute approximate surface area is 338 Å². The van der Waals surface area contributed by atoms with Gasteiger partial charge in [-0.25, -0.2) is 0 Å². The maximum absolute atomic E-state index is 6.37. The van der Waals surface area contributed by atoms with Gasteiger partial charge in [-0.15, -0.1) is 11.3 Å². The molecule has 0 fully saturated rings. The summed E-state index contributed by atoms with van der Waals surface area (Å²) in [6, 6.07) is 74.4. The Hall–Kier alpha value is -7.40. The molecule has 0 bridgehead atoms. The number of furan rings is 1. The van der Waals surface area contributed by atoms with E-state index in [4.69, 9.17) is 4.42 Å². The molecule has 0 amide bonds. The van der Waals surface area contributed by atoms with Crippen molar-refractivity contribution in [2.24, 2.45) is 0 Å². The molecule has 0 aliphatic heterocycles. The molecule has 272 valence electrons. The molecule has 0 spiro atoms. The lowest BCUT2D eigenvalue weighted by atomic mass is 9.98. The van der Waals surface area contributed by atoms with Gasteiger partial charge in [-0.3, -0.25) is 0 Å². The molecule has 0 saturated carbocycles. The summed E-state index contributed by atoms with van der Waals surface area (Å²) in [6.45, 7) is 0. The number of benzene rings is 9. The van der Waals surface area contributed by atoms with Crippen LogP contribution in [-0.4, -0.2) is 4.57 Å². The first-order valence-electron chi connectivity index (χ1n) is 19.7. The van der Waals surface area contributed by atoms with E-state index in [-0.39, 0.29) is 0 Å². The largest absolute Gasteiger partial charge is 0.455 e. The zero-order chi connectivity index (χ0) is 38.2. The minimum atomic E-state index is 0.915. The van der Waals surface area contributed by atoms with Gasteiger partial charge in [0.05, 0.1) is 21.4 Å². The van der Waals surface area contributed by atoms with Crippen LogP contribution in [0.25, 0.3) is 91.9 Å². The van der Waals surface area contributed by atoms with Gasteiger partial charge in [-0.1, -0.05) is 146 Å². The fourth-order valence-electron chi connectivity index (χ4n) is 8.91. The summed E-state index contributed by atoms with van der Waals surface area (Å²) in [5.74, 6) is 0. The fraction of sp³-hybridized carbons (Fsp3) is 0. The van der Waals surface area contributed by atoms with Gasteiger partial charge in [0.2, 0.25) is 0 Å². The second-order valence-corrected chi connectivity index (χ2v) is 15.9. The molecule has 3 aromatic heterocycles. The second-order valence-electron chi connectivity index (χ2n) is 14.9. The molecule has 12 aromatic rings. The Bertz CT molecular complexity index is 3500. The second kappa shape index (κ2) is 13.1. The van der Waals surface area contributed by atoms with Crippen molar-refractivity contribution < 1.29 is 4.42 Å². The topological polar surface area (TPSA) is 21.3 Å². The number of fused-ring (bicyclic) bond motifs is 9. The van der Waals surface area contributed by atoms with Crippen molar-refractivity contribution in [2.75, 3.05) is 4.90 Å². The number of thiophene rings is 1. The standard InChI is InChI=1S/C54H34N2OS/c1-2-12-38(13-3-1)56-48-20-7-4-14-42(48)43-33-32-40(34-50(43)56)55(49-21-11-19-47-45-16-6-9-23-52(45)58-54(47)49)39-30-28-36(29-31-39)35-24-26-37(27-25-35)41-17-10-18-46-44-15-5-8-22-51(44)57-53(41)46/h1-34H. The number of hydrogen-bond donors (Lipinski definition) is 0. The van der Waals surface area contributed by atoms with Crippen molar-refractivity contribution in [1.29, 1.82) is 0 Å². The molecule has 0 unspecified atom stereocenters. The third kappa shape index (κ3) is 5.12. The lowest BCUT2D eigenvalue weighted by Gasteiger charge is -2.26. The monoisotopic (exact) mass is 758 g/mol. The molecule has 58 heavy (non-hydrogen) atoms. The van der Waals surface area contributed by atoms with E-state index in [1.54, 1.807) is 0 Å². The predicted molar refractivity (Wildman–Crippen MR) is 247 cm³/mol. The first kappa shape index (κ1) is 32.8. The van der Waals surface area contributed by atoms with Crippen LogP contribution in [0.4, 0.5) is 17.1 Å².